The fraction of sp³-hybridized carbons (Fsp3) is 0.500. The van der Waals surface area contributed by atoms with Gasteiger partial charge in [0.05, 0.1) is 0 Å². The van der Waals surface area contributed by atoms with Crippen molar-refractivity contribution >= 4 is 11.8 Å². The van der Waals surface area contributed by atoms with Crippen LogP contribution in [0.15, 0.2) is 12.7 Å². The molecule has 0 bridgehead atoms. The van der Waals surface area contributed by atoms with Crippen LogP contribution in [0.2, 0.25) is 0 Å². The number of carbonyl (C=O) groups is 2. The van der Waals surface area contributed by atoms with Gasteiger partial charge >= 0.3 is 5.97 Å². The Bertz CT molecular complexity index is 161. The summed E-state index contributed by atoms with van der Waals surface area (Å²) in [7, 11) is 0. The number of hydrogen-bond acceptors (Lipinski definition) is 3. The van der Waals surface area contributed by atoms with E-state index in [2.05, 4.69) is 11.3 Å². The van der Waals surface area contributed by atoms with E-state index in [0.29, 0.717) is 12.8 Å². The maximum absolute atomic E-state index is 10.8. The number of hydrogen-bond donors (Lipinski definition) is 0. The lowest BCUT2D eigenvalue weighted by molar-refractivity contribution is -0.145. The second-order valence-corrected chi connectivity index (χ2v) is 2.15. The summed E-state index contributed by atoms with van der Waals surface area (Å²) in [6, 6.07) is 0. The maximum Gasteiger partial charge on any atom is 0.303 e. The topological polar surface area (TPSA) is 43.4 Å². The van der Waals surface area contributed by atoms with Crippen molar-refractivity contribution in [1.29, 1.82) is 0 Å². The summed E-state index contributed by atoms with van der Waals surface area (Å²) in [5.41, 5.74) is 0. The Morgan fingerprint density at radius 2 is 2.18 bits per heavy atom. The molecule has 0 unspecified atom stereocenters. The van der Waals surface area contributed by atoms with Crippen LogP contribution in [-0.4, -0.2) is 18.4 Å². The van der Waals surface area contributed by atoms with Crippen LogP contribution in [0.5, 0.6) is 0 Å². The van der Waals surface area contributed by atoms with Crippen molar-refractivity contribution in [3.05, 3.63) is 12.7 Å². The molecule has 0 fully saturated rings. The summed E-state index contributed by atoms with van der Waals surface area (Å²) in [5, 5.41) is 0. The zero-order valence-electron chi connectivity index (χ0n) is 6.63. The number of ether oxygens (including phenoxy) is 1. The zero-order valence-corrected chi connectivity index (χ0v) is 6.63. The minimum atomic E-state index is -0.419. The highest BCUT2D eigenvalue weighted by Gasteiger charge is 2.01. The smallest absolute Gasteiger partial charge is 0.303 e. The molecule has 11 heavy (non-hydrogen) atoms. The fourth-order valence-corrected chi connectivity index (χ4v) is 0.517. The normalized spacial score (nSPS) is 8.82. The van der Waals surface area contributed by atoms with Gasteiger partial charge in [-0.25, -0.2) is 0 Å². The van der Waals surface area contributed by atoms with Gasteiger partial charge in [-0.3, -0.25) is 9.59 Å². The quantitative estimate of drug-likeness (QED) is 0.442. The first-order valence-electron chi connectivity index (χ1n) is 3.42. The van der Waals surface area contributed by atoms with E-state index in [1.807, 2.05) is 0 Å². The Morgan fingerprint density at radius 1 is 1.55 bits per heavy atom. The van der Waals surface area contributed by atoms with Crippen molar-refractivity contribution < 1.29 is 14.3 Å². The molecule has 0 aromatic rings. The molecule has 0 aliphatic rings. The van der Waals surface area contributed by atoms with Crippen molar-refractivity contribution in [1.82, 2.24) is 0 Å². The van der Waals surface area contributed by atoms with Crippen molar-refractivity contribution in [2.24, 2.45) is 0 Å². The van der Waals surface area contributed by atoms with E-state index in [0.717, 1.165) is 0 Å². The summed E-state index contributed by atoms with van der Waals surface area (Å²) in [6.07, 6.45) is 2.70. The third-order valence-electron chi connectivity index (χ3n) is 1.06. The molecule has 0 radical (unpaired) electrons. The fourth-order valence-electron chi connectivity index (χ4n) is 0.517. The average molecular weight is 156 g/mol. The molecule has 0 aromatic heterocycles. The molecule has 0 amide bonds. The molecule has 3 heteroatoms. The van der Waals surface area contributed by atoms with Crippen molar-refractivity contribution in [2.75, 3.05) is 6.61 Å². The highest BCUT2D eigenvalue weighted by atomic mass is 16.5. The molecule has 0 aliphatic carbocycles. The summed E-state index contributed by atoms with van der Waals surface area (Å²) in [6.45, 7) is 4.64. The minimum Gasteiger partial charge on any atom is -0.458 e. The summed E-state index contributed by atoms with van der Waals surface area (Å²) >= 11 is 0. The summed E-state index contributed by atoms with van der Waals surface area (Å²) in [5.74, 6) is -0.489. The Hall–Kier alpha value is -1.12. The summed E-state index contributed by atoms with van der Waals surface area (Å²) < 4.78 is 4.48. The van der Waals surface area contributed by atoms with E-state index in [1.165, 1.54) is 6.92 Å². The molecule has 0 heterocycles. The van der Waals surface area contributed by atoms with Crippen molar-refractivity contribution in [3.8, 4) is 0 Å². The van der Waals surface area contributed by atoms with Crippen molar-refractivity contribution in [2.45, 2.75) is 19.8 Å². The van der Waals surface area contributed by atoms with Crippen LogP contribution < -0.4 is 0 Å². The van der Waals surface area contributed by atoms with Gasteiger partial charge in [-0.15, -0.1) is 6.58 Å². The molecule has 0 saturated heterocycles. The van der Waals surface area contributed by atoms with Gasteiger partial charge in [0, 0.05) is 13.3 Å². The molecule has 0 N–H and O–H groups in total. The number of allylic oxidation sites excluding steroid dienone is 1. The third-order valence-corrected chi connectivity index (χ3v) is 1.06. The van der Waals surface area contributed by atoms with Crippen molar-refractivity contribution in [3.63, 3.8) is 0 Å². The molecule has 0 atom stereocenters. The second kappa shape index (κ2) is 5.65. The molecule has 3 nitrogen and oxygen atoms in total. The Morgan fingerprint density at radius 3 is 2.64 bits per heavy atom. The van der Waals surface area contributed by atoms with Gasteiger partial charge in [-0.1, -0.05) is 6.08 Å². The van der Waals surface area contributed by atoms with Gasteiger partial charge in [-0.05, 0) is 6.42 Å². The van der Waals surface area contributed by atoms with Crippen LogP contribution in [0.3, 0.4) is 0 Å². The lowest BCUT2D eigenvalue weighted by atomic mass is 10.2. The minimum absolute atomic E-state index is 0.0694. The lowest BCUT2D eigenvalue weighted by Crippen LogP contribution is -2.10. The van der Waals surface area contributed by atoms with E-state index in [4.69, 9.17) is 0 Å². The molecule has 0 aromatic carbocycles. The van der Waals surface area contributed by atoms with E-state index in [1.54, 1.807) is 6.08 Å². The van der Waals surface area contributed by atoms with Gasteiger partial charge in [-0.2, -0.15) is 0 Å². The standard InChI is InChI=1S/C8H12O3/c1-3-4-5-8(10)6-11-7(2)9/h3H,1,4-6H2,2H3. The molecule has 0 aliphatic heterocycles. The molecule has 0 saturated carbocycles. The second-order valence-electron chi connectivity index (χ2n) is 2.15. The Labute approximate surface area is 66.0 Å². The number of ketones is 1. The highest BCUT2D eigenvalue weighted by Crippen LogP contribution is 1.92. The van der Waals surface area contributed by atoms with Crippen LogP contribution in [0.1, 0.15) is 19.8 Å². The zero-order chi connectivity index (χ0) is 8.69. The molecular weight excluding hydrogens is 144 g/mol. The maximum atomic E-state index is 10.8. The van der Waals surface area contributed by atoms with Gasteiger partial charge in [0.15, 0.2) is 5.78 Å². The third kappa shape index (κ3) is 6.77. The monoisotopic (exact) mass is 156 g/mol. The first-order chi connectivity index (χ1) is 5.16. The van der Waals surface area contributed by atoms with E-state index >= 15 is 0 Å². The van der Waals surface area contributed by atoms with Crippen LogP contribution in [0, 0.1) is 0 Å². The SMILES string of the molecule is C=CCCC(=O)COC(C)=O. The Kier molecular flexibility index (Phi) is 5.07. The molecule has 0 spiro atoms. The van der Waals surface area contributed by atoms with Gasteiger partial charge in [0.1, 0.15) is 6.61 Å². The van der Waals surface area contributed by atoms with Gasteiger partial charge in [0.25, 0.3) is 0 Å². The van der Waals surface area contributed by atoms with E-state index in [9.17, 15) is 9.59 Å². The number of carbonyl (C=O) groups excluding carboxylic acids is 2. The van der Waals surface area contributed by atoms with E-state index in [-0.39, 0.29) is 12.4 Å². The first kappa shape index (κ1) is 9.88. The van der Waals surface area contributed by atoms with Crippen LogP contribution >= 0.6 is 0 Å². The largest absolute Gasteiger partial charge is 0.458 e. The molecular formula is C8H12O3. The van der Waals surface area contributed by atoms with Crippen LogP contribution in [-0.2, 0) is 14.3 Å². The van der Waals surface area contributed by atoms with E-state index < -0.39 is 5.97 Å². The van der Waals surface area contributed by atoms with Gasteiger partial charge < -0.3 is 4.74 Å². The average Bonchev–Trinajstić information content (AvgIpc) is 1.97. The predicted octanol–water partition coefficient (Wildman–Crippen LogP) is 1.08. The number of Topliss-reactive ketones (excluding diaryl/α,β-unsaturated/α-hetero) is 1. The lowest BCUT2D eigenvalue weighted by Gasteiger charge is -1.98. The summed E-state index contributed by atoms with van der Waals surface area (Å²) in [4.78, 5) is 21.0. The predicted molar refractivity (Wildman–Crippen MR) is 41.1 cm³/mol. The van der Waals surface area contributed by atoms with Crippen LogP contribution in [0.25, 0.3) is 0 Å². The van der Waals surface area contributed by atoms with Gasteiger partial charge in [0.2, 0.25) is 0 Å². The molecule has 62 valence electrons. The number of rotatable bonds is 5. The Balaban J connectivity index is 3.37. The first-order valence-corrected chi connectivity index (χ1v) is 3.42. The molecule has 0 rings (SSSR count). The number of esters is 1. The highest BCUT2D eigenvalue weighted by molar-refractivity contribution is 5.81. The van der Waals surface area contributed by atoms with Crippen LogP contribution in [0.4, 0.5) is 0 Å².